The van der Waals surface area contributed by atoms with Crippen LogP contribution in [-0.4, -0.2) is 24.6 Å². The van der Waals surface area contributed by atoms with E-state index in [1.54, 1.807) is 25.1 Å². The Balaban J connectivity index is 1.62. The van der Waals surface area contributed by atoms with E-state index in [9.17, 15) is 13.6 Å². The van der Waals surface area contributed by atoms with Crippen LogP contribution in [0.15, 0.2) is 24.3 Å². The Kier molecular flexibility index (Phi) is 5.33. The van der Waals surface area contributed by atoms with E-state index >= 15 is 0 Å². The molecule has 1 aliphatic heterocycles. The number of rotatable bonds is 5. The van der Waals surface area contributed by atoms with E-state index in [1.165, 1.54) is 25.3 Å². The van der Waals surface area contributed by atoms with Crippen LogP contribution in [0.1, 0.15) is 50.6 Å². The van der Waals surface area contributed by atoms with E-state index in [0.717, 1.165) is 12.8 Å². The van der Waals surface area contributed by atoms with Gasteiger partial charge in [0.05, 0.1) is 12.1 Å². The number of fused-ring (bicyclic) bond motifs is 1. The van der Waals surface area contributed by atoms with E-state index in [0.29, 0.717) is 17.5 Å². The van der Waals surface area contributed by atoms with Gasteiger partial charge in [0.2, 0.25) is 5.91 Å². The lowest BCUT2D eigenvalue weighted by Crippen LogP contribution is -2.43. The van der Waals surface area contributed by atoms with E-state index < -0.39 is 12.7 Å². The first-order chi connectivity index (χ1) is 11.5. The second kappa shape index (κ2) is 7.47. The van der Waals surface area contributed by atoms with Crippen molar-refractivity contribution in [1.82, 2.24) is 10.6 Å². The lowest BCUT2D eigenvalue weighted by Gasteiger charge is -2.24. The smallest absolute Gasteiger partial charge is 0.387 e. The van der Waals surface area contributed by atoms with Crippen LogP contribution in [0.25, 0.3) is 0 Å². The van der Waals surface area contributed by atoms with Crippen molar-refractivity contribution in [3.05, 3.63) is 29.8 Å². The zero-order valence-electron chi connectivity index (χ0n) is 13.8. The van der Waals surface area contributed by atoms with Gasteiger partial charge in [-0.05, 0) is 38.2 Å². The molecular formula is C18H24F2N2O2. The molecule has 1 aromatic rings. The van der Waals surface area contributed by atoms with Crippen molar-refractivity contribution in [3.63, 3.8) is 0 Å². The van der Waals surface area contributed by atoms with Gasteiger partial charge >= 0.3 is 6.61 Å². The molecule has 3 rings (SSSR count). The van der Waals surface area contributed by atoms with E-state index in [-0.39, 0.29) is 17.7 Å². The predicted octanol–water partition coefficient (Wildman–Crippen LogP) is 3.39. The fraction of sp³-hybridized carbons (Fsp3) is 0.611. The first-order valence-corrected chi connectivity index (χ1v) is 8.64. The summed E-state index contributed by atoms with van der Waals surface area (Å²) >= 11 is 0. The summed E-state index contributed by atoms with van der Waals surface area (Å²) < 4.78 is 29.6. The minimum atomic E-state index is -2.88. The Morgan fingerprint density at radius 1 is 1.29 bits per heavy atom. The molecular weight excluding hydrogens is 314 g/mol. The number of alkyl halides is 2. The van der Waals surface area contributed by atoms with Crippen LogP contribution in [0.2, 0.25) is 0 Å². The van der Waals surface area contributed by atoms with Crippen molar-refractivity contribution in [2.24, 2.45) is 5.92 Å². The molecule has 4 atom stereocenters. The third-order valence-corrected chi connectivity index (χ3v) is 5.14. The third-order valence-electron chi connectivity index (χ3n) is 5.14. The minimum Gasteiger partial charge on any atom is -0.434 e. The molecule has 1 saturated heterocycles. The maximum absolute atomic E-state index is 12.5. The van der Waals surface area contributed by atoms with Crippen LogP contribution in [-0.2, 0) is 4.79 Å². The second-order valence-corrected chi connectivity index (χ2v) is 6.75. The predicted molar refractivity (Wildman–Crippen MR) is 86.9 cm³/mol. The van der Waals surface area contributed by atoms with Crippen LogP contribution in [0.5, 0.6) is 5.75 Å². The Hall–Kier alpha value is -1.69. The van der Waals surface area contributed by atoms with Gasteiger partial charge in [0.1, 0.15) is 5.75 Å². The quantitative estimate of drug-likeness (QED) is 0.865. The van der Waals surface area contributed by atoms with Crippen molar-refractivity contribution in [2.75, 3.05) is 0 Å². The van der Waals surface area contributed by atoms with Gasteiger partial charge in [-0.1, -0.05) is 31.0 Å². The van der Waals surface area contributed by atoms with Gasteiger partial charge in [0.15, 0.2) is 0 Å². The molecule has 1 heterocycles. The molecule has 2 aliphatic rings. The van der Waals surface area contributed by atoms with Gasteiger partial charge in [0, 0.05) is 11.6 Å². The highest BCUT2D eigenvalue weighted by Gasteiger charge is 2.38. The zero-order valence-corrected chi connectivity index (χ0v) is 13.8. The highest BCUT2D eigenvalue weighted by molar-refractivity contribution is 5.82. The first-order valence-electron chi connectivity index (χ1n) is 8.64. The minimum absolute atomic E-state index is 0.0660. The van der Waals surface area contributed by atoms with Crippen LogP contribution in [0, 0.1) is 5.92 Å². The molecule has 4 unspecified atom stereocenters. The van der Waals surface area contributed by atoms with Gasteiger partial charge in [-0.25, -0.2) is 0 Å². The summed E-state index contributed by atoms with van der Waals surface area (Å²) in [5.74, 6) is 0.622. The molecule has 2 N–H and O–H groups in total. The van der Waals surface area contributed by atoms with Crippen LogP contribution < -0.4 is 15.4 Å². The van der Waals surface area contributed by atoms with Crippen molar-refractivity contribution in [2.45, 2.75) is 63.8 Å². The Morgan fingerprint density at radius 3 is 2.79 bits per heavy atom. The van der Waals surface area contributed by atoms with Crippen molar-refractivity contribution in [3.8, 4) is 5.75 Å². The van der Waals surface area contributed by atoms with E-state index in [2.05, 4.69) is 15.4 Å². The summed E-state index contributed by atoms with van der Waals surface area (Å²) in [6, 6.07) is 6.44. The summed E-state index contributed by atoms with van der Waals surface area (Å²) in [6.45, 7) is -1.10. The number of halogens is 2. The highest BCUT2D eigenvalue weighted by atomic mass is 19.3. The van der Waals surface area contributed by atoms with Gasteiger partial charge in [-0.15, -0.1) is 0 Å². The average Bonchev–Trinajstić information content (AvgIpc) is 2.99. The molecule has 0 aromatic heterocycles. The number of para-hydroxylation sites is 1. The second-order valence-electron chi connectivity index (χ2n) is 6.75. The van der Waals surface area contributed by atoms with Crippen molar-refractivity contribution < 1.29 is 18.3 Å². The number of amides is 1. The Morgan fingerprint density at radius 2 is 2.04 bits per heavy atom. The maximum atomic E-state index is 12.5. The summed E-state index contributed by atoms with van der Waals surface area (Å²) in [4.78, 5) is 12.5. The molecule has 0 bridgehead atoms. The number of ether oxygens (including phenoxy) is 1. The molecule has 0 spiro atoms. The normalized spacial score (nSPS) is 27.6. The molecule has 0 radical (unpaired) electrons. The monoisotopic (exact) mass is 338 g/mol. The topological polar surface area (TPSA) is 50.4 Å². The molecule has 4 nitrogen and oxygen atoms in total. The van der Waals surface area contributed by atoms with Gasteiger partial charge in [-0.2, -0.15) is 8.78 Å². The molecule has 1 aromatic carbocycles. The molecule has 1 amide bonds. The fourth-order valence-electron chi connectivity index (χ4n) is 3.95. The maximum Gasteiger partial charge on any atom is 0.387 e. The van der Waals surface area contributed by atoms with Crippen molar-refractivity contribution >= 4 is 5.91 Å². The molecule has 24 heavy (non-hydrogen) atoms. The molecule has 132 valence electrons. The molecule has 1 aliphatic carbocycles. The summed E-state index contributed by atoms with van der Waals surface area (Å²) in [5.41, 5.74) is 0.557. The van der Waals surface area contributed by atoms with Gasteiger partial charge < -0.3 is 15.4 Å². The van der Waals surface area contributed by atoms with E-state index in [4.69, 9.17) is 0 Å². The number of carbonyl (C=O) groups excluding carboxylic acids is 1. The third kappa shape index (κ3) is 3.86. The SMILES string of the molecule is CC(NC(=O)C1CC2CCCCC2N1)c1ccccc1OC(F)F. The number of hydrogen-bond donors (Lipinski definition) is 2. The molecule has 2 fully saturated rings. The Labute approximate surface area is 141 Å². The average molecular weight is 338 g/mol. The summed E-state index contributed by atoms with van der Waals surface area (Å²) in [6.07, 6.45) is 5.64. The Bertz CT molecular complexity index is 568. The lowest BCUT2D eigenvalue weighted by molar-refractivity contribution is -0.123. The highest BCUT2D eigenvalue weighted by Crippen LogP contribution is 2.33. The lowest BCUT2D eigenvalue weighted by atomic mass is 9.85. The number of nitrogens with one attached hydrogen (secondary N) is 2. The van der Waals surface area contributed by atoms with Crippen molar-refractivity contribution in [1.29, 1.82) is 0 Å². The summed E-state index contributed by atoms with van der Waals surface area (Å²) in [5, 5.41) is 6.37. The van der Waals surface area contributed by atoms with Gasteiger partial charge in [-0.3, -0.25) is 4.79 Å². The number of hydrogen-bond acceptors (Lipinski definition) is 3. The largest absolute Gasteiger partial charge is 0.434 e. The summed E-state index contributed by atoms with van der Waals surface area (Å²) in [7, 11) is 0. The fourth-order valence-corrected chi connectivity index (χ4v) is 3.95. The van der Waals surface area contributed by atoms with Gasteiger partial charge in [0.25, 0.3) is 0 Å². The standard InChI is InChI=1S/C18H24F2N2O2/c1-11(13-7-3-5-9-16(13)24-18(19)20)21-17(23)15-10-12-6-2-4-8-14(12)22-15/h3,5,7,9,11-12,14-15,18,22H,2,4,6,8,10H2,1H3,(H,21,23). The van der Waals surface area contributed by atoms with E-state index in [1.807, 2.05) is 0 Å². The molecule has 1 saturated carbocycles. The van der Waals surface area contributed by atoms with Crippen LogP contribution >= 0.6 is 0 Å². The van der Waals surface area contributed by atoms with Crippen LogP contribution in [0.4, 0.5) is 8.78 Å². The number of benzene rings is 1. The zero-order chi connectivity index (χ0) is 17.1. The first kappa shape index (κ1) is 17.1. The number of carbonyl (C=O) groups is 1. The van der Waals surface area contributed by atoms with Crippen LogP contribution in [0.3, 0.4) is 0 Å². The molecule has 6 heteroatoms.